The van der Waals surface area contributed by atoms with Gasteiger partial charge in [-0.15, -0.1) is 0 Å². The van der Waals surface area contributed by atoms with Gasteiger partial charge >= 0.3 is 174 Å². The zero-order valence-electron chi connectivity index (χ0n) is 16.4. The predicted octanol–water partition coefficient (Wildman–Crippen LogP) is -0.180. The molecule has 0 heterocycles. The summed E-state index contributed by atoms with van der Waals surface area (Å²) in [6.45, 7) is 2.30. The Morgan fingerprint density at radius 2 is 1.48 bits per heavy atom. The van der Waals surface area contributed by atoms with Gasteiger partial charge in [0.25, 0.3) is 0 Å². The summed E-state index contributed by atoms with van der Waals surface area (Å²) in [4.78, 5) is 0. The Balaban J connectivity index is 0.00000120. The van der Waals surface area contributed by atoms with Crippen molar-refractivity contribution in [3.8, 4) is 11.1 Å². The molecule has 0 aromatic heterocycles. The molecular formula is C26H22Cl2Zr. The van der Waals surface area contributed by atoms with Gasteiger partial charge in [0.15, 0.2) is 0 Å². The van der Waals surface area contributed by atoms with Crippen LogP contribution >= 0.6 is 0 Å². The molecule has 5 rings (SSSR count). The van der Waals surface area contributed by atoms with Crippen LogP contribution in [0.3, 0.4) is 0 Å². The third kappa shape index (κ3) is 4.53. The second kappa shape index (κ2) is 9.61. The maximum atomic E-state index is 2.51. The average Bonchev–Trinajstić information content (AvgIpc) is 3.24. The van der Waals surface area contributed by atoms with Crippen molar-refractivity contribution in [2.75, 3.05) is 0 Å². The van der Waals surface area contributed by atoms with E-state index in [1.807, 2.05) is 0 Å². The number of benzene rings is 3. The van der Waals surface area contributed by atoms with Crippen LogP contribution in [0.15, 0.2) is 93.3 Å². The van der Waals surface area contributed by atoms with E-state index in [1.165, 1.54) is 34.2 Å². The van der Waals surface area contributed by atoms with Gasteiger partial charge in [0.1, 0.15) is 0 Å². The second-order valence-corrected chi connectivity index (χ2v) is 11.1. The van der Waals surface area contributed by atoms with Gasteiger partial charge in [-0.25, -0.2) is 0 Å². The summed E-state index contributed by atoms with van der Waals surface area (Å²) >= 11 is -0.736. The summed E-state index contributed by atoms with van der Waals surface area (Å²) in [6, 6.07) is 26.8. The van der Waals surface area contributed by atoms with E-state index in [0.717, 1.165) is 12.8 Å². The first kappa shape index (κ1) is 22.3. The quantitative estimate of drug-likeness (QED) is 0.368. The normalized spacial score (nSPS) is 13.6. The fraction of sp³-hybridized carbons (Fsp3) is 0.154. The Morgan fingerprint density at radius 1 is 0.759 bits per heavy atom. The van der Waals surface area contributed by atoms with Crippen LogP contribution in [-0.2, 0) is 36.1 Å². The molecule has 0 bridgehead atoms. The smallest absolute Gasteiger partial charge is 1.00 e. The van der Waals surface area contributed by atoms with Gasteiger partial charge < -0.3 is 24.8 Å². The van der Waals surface area contributed by atoms with E-state index in [2.05, 4.69) is 85.8 Å². The minimum absolute atomic E-state index is 0. The first-order valence-electron chi connectivity index (χ1n) is 9.68. The largest absolute Gasteiger partial charge is 1.00 e. The summed E-state index contributed by atoms with van der Waals surface area (Å²) in [5.41, 5.74) is 10.6. The molecule has 0 aliphatic heterocycles. The average molecular weight is 497 g/mol. The molecule has 0 saturated carbocycles. The molecule has 0 nitrogen and oxygen atoms in total. The Morgan fingerprint density at radius 3 is 2.31 bits per heavy atom. The summed E-state index contributed by atoms with van der Waals surface area (Å²) < 4.78 is 3.40. The Hall–Kier alpha value is -1.40. The van der Waals surface area contributed by atoms with Gasteiger partial charge in [0.05, 0.1) is 0 Å². The Bertz CT molecular complexity index is 1080. The van der Waals surface area contributed by atoms with Gasteiger partial charge in [-0.05, 0) is 0 Å². The maximum Gasteiger partial charge on any atom is -1.00 e. The van der Waals surface area contributed by atoms with Crippen molar-refractivity contribution in [3.63, 3.8) is 0 Å². The van der Waals surface area contributed by atoms with E-state index in [-0.39, 0.29) is 24.8 Å². The minimum Gasteiger partial charge on any atom is -1.00 e. The van der Waals surface area contributed by atoms with Gasteiger partial charge in [0, 0.05) is 0 Å². The molecule has 3 aromatic carbocycles. The van der Waals surface area contributed by atoms with Crippen LogP contribution in [0.5, 0.6) is 0 Å². The van der Waals surface area contributed by atoms with Crippen LogP contribution in [0.25, 0.3) is 11.1 Å². The molecule has 2 aliphatic carbocycles. The number of rotatable bonds is 4. The molecule has 3 heteroatoms. The zero-order chi connectivity index (χ0) is 18.2. The molecule has 2 aliphatic rings. The first-order chi connectivity index (χ1) is 13.3. The van der Waals surface area contributed by atoms with Gasteiger partial charge in [0.2, 0.25) is 0 Å². The van der Waals surface area contributed by atoms with Gasteiger partial charge in [-0.3, -0.25) is 0 Å². The number of halogens is 2. The molecule has 144 valence electrons. The predicted molar refractivity (Wildman–Crippen MR) is 110 cm³/mol. The molecule has 0 saturated heterocycles. The molecule has 0 atom stereocenters. The third-order valence-electron chi connectivity index (χ3n) is 5.76. The standard InChI is InChI=1S/C13H9.C13H13.2ClH.Zr/c1-3-7-12-10(5-1)9-11-6-2-4-8-13(11)12;1-11-6-5-9-13(11)10-12-7-3-2-4-8-12;;;/h1-5,7-8H,9H2;2-4,6-8H,9-10H2,1H3;2*1H;/q;;;;+2/p-2. The van der Waals surface area contributed by atoms with Crippen molar-refractivity contribution in [1.82, 2.24) is 0 Å². The van der Waals surface area contributed by atoms with Crippen molar-refractivity contribution in [1.29, 1.82) is 0 Å². The van der Waals surface area contributed by atoms with Crippen molar-refractivity contribution < 1.29 is 48.0 Å². The van der Waals surface area contributed by atoms with Crippen LogP contribution in [0.2, 0.25) is 0 Å². The van der Waals surface area contributed by atoms with Crippen LogP contribution in [-0.4, -0.2) is 0 Å². The monoisotopic (exact) mass is 494 g/mol. The molecule has 3 aromatic rings. The molecule has 0 amide bonds. The first-order valence-corrected chi connectivity index (χ1v) is 12.1. The summed E-state index contributed by atoms with van der Waals surface area (Å²) in [7, 11) is 0. The van der Waals surface area contributed by atoms with E-state index in [1.54, 1.807) is 17.7 Å². The molecular weight excluding hydrogens is 474 g/mol. The number of allylic oxidation sites excluding steroid dienone is 4. The number of hydrogen-bond donors (Lipinski definition) is 0. The van der Waals surface area contributed by atoms with E-state index in [0.29, 0.717) is 0 Å². The van der Waals surface area contributed by atoms with Crippen LogP contribution in [0, 0.1) is 0 Å². The fourth-order valence-electron chi connectivity index (χ4n) is 4.36. The van der Waals surface area contributed by atoms with E-state index in [9.17, 15) is 0 Å². The molecule has 0 N–H and O–H groups in total. The topological polar surface area (TPSA) is 0 Å². The van der Waals surface area contributed by atoms with Crippen molar-refractivity contribution in [3.05, 3.63) is 110 Å². The third-order valence-corrected chi connectivity index (χ3v) is 9.15. The molecule has 0 spiro atoms. The molecule has 0 unspecified atom stereocenters. The van der Waals surface area contributed by atoms with Gasteiger partial charge in [-0.2, -0.15) is 0 Å². The zero-order valence-corrected chi connectivity index (χ0v) is 20.4. The minimum atomic E-state index is -0.736. The van der Waals surface area contributed by atoms with Crippen LogP contribution < -0.4 is 28.1 Å². The Kier molecular flexibility index (Phi) is 7.39. The summed E-state index contributed by atoms with van der Waals surface area (Å²) in [6.07, 6.45) is 5.93. The molecule has 0 radical (unpaired) electrons. The van der Waals surface area contributed by atoms with E-state index >= 15 is 0 Å². The van der Waals surface area contributed by atoms with Crippen LogP contribution in [0.1, 0.15) is 30.0 Å². The van der Waals surface area contributed by atoms with E-state index in [4.69, 9.17) is 0 Å². The maximum absolute atomic E-state index is 2.51. The summed E-state index contributed by atoms with van der Waals surface area (Å²) in [5, 5.41) is 0. The number of hydrogen-bond acceptors (Lipinski definition) is 0. The second-order valence-electron chi connectivity index (χ2n) is 7.59. The Labute approximate surface area is 197 Å². The van der Waals surface area contributed by atoms with Crippen LogP contribution in [0.4, 0.5) is 0 Å². The van der Waals surface area contributed by atoms with Crippen molar-refractivity contribution in [2.24, 2.45) is 0 Å². The SMILES string of the molecule is CC1=C(Cc2ccccc2)C[C]([Zr+2][c]2cccc3c2Cc2ccccc2-3)=C1.[Cl-].[Cl-]. The number of fused-ring (bicyclic) bond motifs is 3. The van der Waals surface area contributed by atoms with Crippen molar-refractivity contribution >= 4 is 3.27 Å². The van der Waals surface area contributed by atoms with E-state index < -0.39 is 23.2 Å². The fourth-order valence-corrected chi connectivity index (χ4v) is 8.02. The summed E-state index contributed by atoms with van der Waals surface area (Å²) in [5.74, 6) is 0. The van der Waals surface area contributed by atoms with Gasteiger partial charge in [-0.1, -0.05) is 0 Å². The molecule has 29 heavy (non-hydrogen) atoms. The van der Waals surface area contributed by atoms with Crippen molar-refractivity contribution in [2.45, 2.75) is 26.2 Å². The molecule has 0 fully saturated rings.